The van der Waals surface area contributed by atoms with E-state index in [1.165, 1.54) is 25.2 Å². The summed E-state index contributed by atoms with van der Waals surface area (Å²) >= 11 is 0. The molecule has 0 radical (unpaired) electrons. The number of aliphatic imine (C=N–C) groups is 1. The number of alkyl halides is 3. The lowest BCUT2D eigenvalue weighted by molar-refractivity contribution is -0.157. The maximum absolute atomic E-state index is 13.9. The van der Waals surface area contributed by atoms with Crippen LogP contribution in [0.1, 0.15) is 18.4 Å². The van der Waals surface area contributed by atoms with Crippen molar-refractivity contribution in [2.45, 2.75) is 31.6 Å². The van der Waals surface area contributed by atoms with Crippen molar-refractivity contribution in [3.63, 3.8) is 0 Å². The summed E-state index contributed by atoms with van der Waals surface area (Å²) in [6.45, 7) is -0.370. The molecule has 11 heteroatoms. The SMILES string of the molecule is CN=C(NCC(=O)N(C)CC(F)(F)F)NC1CCCN(Cc2c(F)cccc2F)C1. The number of rotatable bonds is 6. The minimum Gasteiger partial charge on any atom is -0.352 e. The molecule has 1 amide bonds. The largest absolute Gasteiger partial charge is 0.406 e. The average molecular weight is 435 g/mol. The molecule has 168 valence electrons. The van der Waals surface area contributed by atoms with Gasteiger partial charge in [-0.15, -0.1) is 0 Å². The highest BCUT2D eigenvalue weighted by Crippen LogP contribution is 2.18. The van der Waals surface area contributed by atoms with Gasteiger partial charge in [0.2, 0.25) is 5.91 Å². The molecule has 2 N–H and O–H groups in total. The van der Waals surface area contributed by atoms with E-state index in [0.29, 0.717) is 18.0 Å². The van der Waals surface area contributed by atoms with Gasteiger partial charge >= 0.3 is 6.18 Å². The Morgan fingerprint density at radius 1 is 1.30 bits per heavy atom. The first-order valence-electron chi connectivity index (χ1n) is 9.52. The summed E-state index contributed by atoms with van der Waals surface area (Å²) in [4.78, 5) is 18.3. The van der Waals surface area contributed by atoms with Crippen LogP contribution in [-0.4, -0.2) is 74.2 Å². The first kappa shape index (κ1) is 23.8. The zero-order valence-electron chi connectivity index (χ0n) is 16.9. The Hall–Kier alpha value is -2.43. The summed E-state index contributed by atoms with van der Waals surface area (Å²) in [5.41, 5.74) is 0.0129. The molecule has 0 saturated carbocycles. The Morgan fingerprint density at radius 2 is 1.97 bits per heavy atom. The summed E-state index contributed by atoms with van der Waals surface area (Å²) in [5, 5.41) is 5.82. The van der Waals surface area contributed by atoms with E-state index in [1.807, 2.05) is 4.90 Å². The second-order valence-electron chi connectivity index (χ2n) is 7.21. The lowest BCUT2D eigenvalue weighted by Crippen LogP contribution is -2.52. The first-order valence-corrected chi connectivity index (χ1v) is 9.52. The number of carbonyl (C=O) groups is 1. The molecule has 1 aromatic rings. The van der Waals surface area contributed by atoms with Crippen LogP contribution < -0.4 is 10.6 Å². The van der Waals surface area contributed by atoms with Crippen LogP contribution >= 0.6 is 0 Å². The molecule has 0 spiro atoms. The van der Waals surface area contributed by atoms with E-state index >= 15 is 0 Å². The van der Waals surface area contributed by atoms with Crippen molar-refractivity contribution in [1.29, 1.82) is 0 Å². The first-order chi connectivity index (χ1) is 14.1. The summed E-state index contributed by atoms with van der Waals surface area (Å²) in [6, 6.07) is 3.66. The summed E-state index contributed by atoms with van der Waals surface area (Å²) < 4.78 is 64.9. The van der Waals surface area contributed by atoms with Crippen LogP contribution in [0.4, 0.5) is 22.0 Å². The number of guanidine groups is 1. The Labute approximate surface area is 172 Å². The van der Waals surface area contributed by atoms with Crippen LogP contribution in [0.5, 0.6) is 0 Å². The van der Waals surface area contributed by atoms with Crippen molar-refractivity contribution < 1.29 is 26.7 Å². The maximum atomic E-state index is 13.9. The number of hydrogen-bond donors (Lipinski definition) is 2. The van der Waals surface area contributed by atoms with E-state index in [0.717, 1.165) is 19.9 Å². The number of likely N-dealkylation sites (N-methyl/N-ethyl adjacent to an activating group) is 1. The fraction of sp³-hybridized carbons (Fsp3) is 0.579. The molecule has 0 aliphatic carbocycles. The molecular formula is C19H26F5N5O. The minimum absolute atomic E-state index is 0.0129. The van der Waals surface area contributed by atoms with Crippen molar-refractivity contribution in [3.8, 4) is 0 Å². The fourth-order valence-electron chi connectivity index (χ4n) is 3.26. The molecule has 1 unspecified atom stereocenters. The molecule has 1 atom stereocenters. The molecular weight excluding hydrogens is 409 g/mol. The van der Waals surface area contributed by atoms with E-state index in [2.05, 4.69) is 15.6 Å². The second-order valence-corrected chi connectivity index (χ2v) is 7.21. The number of benzene rings is 1. The predicted octanol–water partition coefficient (Wildman–Crippen LogP) is 2.11. The molecule has 1 aromatic carbocycles. The molecule has 0 bridgehead atoms. The van der Waals surface area contributed by atoms with E-state index < -0.39 is 30.3 Å². The molecule has 6 nitrogen and oxygen atoms in total. The Morgan fingerprint density at radius 3 is 2.57 bits per heavy atom. The zero-order valence-corrected chi connectivity index (χ0v) is 16.9. The highest BCUT2D eigenvalue weighted by molar-refractivity contribution is 5.86. The molecule has 30 heavy (non-hydrogen) atoms. The number of hydrogen-bond acceptors (Lipinski definition) is 3. The van der Waals surface area contributed by atoms with Gasteiger partial charge in [-0.2, -0.15) is 13.2 Å². The number of carbonyl (C=O) groups excluding carboxylic acids is 1. The van der Waals surface area contributed by atoms with Gasteiger partial charge in [-0.05, 0) is 31.5 Å². The third-order valence-corrected chi connectivity index (χ3v) is 4.76. The Bertz CT molecular complexity index is 735. The number of nitrogens with one attached hydrogen (secondary N) is 2. The number of likely N-dealkylation sites (tertiary alicyclic amines) is 1. The maximum Gasteiger partial charge on any atom is 0.406 e. The third kappa shape index (κ3) is 7.43. The lowest BCUT2D eigenvalue weighted by Gasteiger charge is -2.34. The van der Waals surface area contributed by atoms with Gasteiger partial charge in [-0.3, -0.25) is 14.7 Å². The zero-order chi connectivity index (χ0) is 22.3. The predicted molar refractivity (Wildman–Crippen MR) is 103 cm³/mol. The lowest BCUT2D eigenvalue weighted by atomic mass is 10.0. The third-order valence-electron chi connectivity index (χ3n) is 4.76. The van der Waals surface area contributed by atoms with Crippen molar-refractivity contribution >= 4 is 11.9 Å². The van der Waals surface area contributed by atoms with Crippen molar-refractivity contribution in [2.75, 3.05) is 40.3 Å². The number of nitrogens with zero attached hydrogens (tertiary/aromatic N) is 3. The van der Waals surface area contributed by atoms with Gasteiger partial charge in [0.25, 0.3) is 0 Å². The van der Waals surface area contributed by atoms with Crippen molar-refractivity contribution in [3.05, 3.63) is 35.4 Å². The molecule has 0 aromatic heterocycles. The normalized spacial score (nSPS) is 18.2. The number of halogens is 5. The van der Waals surface area contributed by atoms with Gasteiger partial charge in [0, 0.05) is 38.8 Å². The highest BCUT2D eigenvalue weighted by Gasteiger charge is 2.31. The van der Waals surface area contributed by atoms with Gasteiger partial charge in [0.15, 0.2) is 5.96 Å². The van der Waals surface area contributed by atoms with Gasteiger partial charge < -0.3 is 15.5 Å². The van der Waals surface area contributed by atoms with Crippen molar-refractivity contribution in [1.82, 2.24) is 20.4 Å². The molecule has 1 heterocycles. The van der Waals surface area contributed by atoms with Crippen LogP contribution in [-0.2, 0) is 11.3 Å². The second kappa shape index (κ2) is 10.6. The standard InChI is InChI=1S/C19H26F5N5O/c1-25-18(26-9-17(30)28(2)12-19(22,23)24)27-13-5-4-8-29(10-13)11-14-15(20)6-3-7-16(14)21/h3,6-7,13H,4-5,8-12H2,1-2H3,(H2,25,26,27). The topological polar surface area (TPSA) is 60.0 Å². The molecule has 1 aliphatic heterocycles. The van der Waals surface area contributed by atoms with E-state index in [4.69, 9.17) is 0 Å². The van der Waals surface area contributed by atoms with Crippen LogP contribution in [0.2, 0.25) is 0 Å². The van der Waals surface area contributed by atoms with E-state index in [9.17, 15) is 26.7 Å². The monoisotopic (exact) mass is 435 g/mol. The fourth-order valence-corrected chi connectivity index (χ4v) is 3.26. The molecule has 1 aliphatic rings. The molecule has 2 rings (SSSR count). The van der Waals surface area contributed by atoms with Gasteiger partial charge in [0.1, 0.15) is 18.2 Å². The Balaban J connectivity index is 1.86. The highest BCUT2D eigenvalue weighted by atomic mass is 19.4. The van der Waals surface area contributed by atoms with E-state index in [-0.39, 0.29) is 30.7 Å². The Kier molecular flexibility index (Phi) is 8.39. The smallest absolute Gasteiger partial charge is 0.352 e. The average Bonchev–Trinajstić information content (AvgIpc) is 2.66. The number of amides is 1. The minimum atomic E-state index is -4.46. The van der Waals surface area contributed by atoms with Gasteiger partial charge in [0.05, 0.1) is 6.54 Å². The van der Waals surface area contributed by atoms with Crippen LogP contribution in [0, 0.1) is 11.6 Å². The number of piperidine rings is 1. The summed E-state index contributed by atoms with van der Waals surface area (Å²) in [6.07, 6.45) is -2.90. The van der Waals surface area contributed by atoms with Gasteiger partial charge in [-0.25, -0.2) is 8.78 Å². The quantitative estimate of drug-likeness (QED) is 0.408. The van der Waals surface area contributed by atoms with Crippen LogP contribution in [0.15, 0.2) is 23.2 Å². The van der Waals surface area contributed by atoms with Gasteiger partial charge in [-0.1, -0.05) is 6.07 Å². The van der Waals surface area contributed by atoms with Crippen LogP contribution in [0.3, 0.4) is 0 Å². The van der Waals surface area contributed by atoms with Crippen molar-refractivity contribution in [2.24, 2.45) is 4.99 Å². The molecule has 1 fully saturated rings. The summed E-state index contributed by atoms with van der Waals surface area (Å²) in [5.74, 6) is -1.64. The van der Waals surface area contributed by atoms with Crippen LogP contribution in [0.25, 0.3) is 0 Å². The summed E-state index contributed by atoms with van der Waals surface area (Å²) in [7, 11) is 2.56. The van der Waals surface area contributed by atoms with E-state index in [1.54, 1.807) is 0 Å². The molecule has 1 saturated heterocycles.